The quantitative estimate of drug-likeness (QED) is 0.761. The molecule has 1 aromatic heterocycles. The van der Waals surface area contributed by atoms with E-state index in [-0.39, 0.29) is 0 Å². The summed E-state index contributed by atoms with van der Waals surface area (Å²) in [6.45, 7) is 0. The average Bonchev–Trinajstić information content (AvgIpc) is 2.49. The number of hydrogen-bond donors (Lipinski definition) is 2. The first-order valence-corrected chi connectivity index (χ1v) is 5.37. The van der Waals surface area contributed by atoms with E-state index in [0.717, 1.165) is 21.5 Å². The normalized spacial score (nSPS) is 38.2. The molecule has 1 aliphatic carbocycles. The van der Waals surface area contributed by atoms with Gasteiger partial charge in [0, 0.05) is 6.04 Å². The van der Waals surface area contributed by atoms with Crippen LogP contribution in [-0.4, -0.2) is 16.0 Å². The van der Waals surface area contributed by atoms with E-state index in [1.165, 1.54) is 12.8 Å². The van der Waals surface area contributed by atoms with Gasteiger partial charge in [0.1, 0.15) is 5.82 Å². The number of aromatic amines is 1. The van der Waals surface area contributed by atoms with Crippen molar-refractivity contribution >= 4 is 22.6 Å². The van der Waals surface area contributed by atoms with Crippen LogP contribution in [0, 0.1) is 9.62 Å². The Balaban J connectivity index is 1.81. The van der Waals surface area contributed by atoms with E-state index in [4.69, 9.17) is 0 Å². The van der Waals surface area contributed by atoms with E-state index in [2.05, 4.69) is 37.9 Å². The SMILES string of the molecule is Ic1cnc([C@@H]2CC3C[C@H]3N2)[nH]1. The highest BCUT2D eigenvalue weighted by Gasteiger charge is 2.46. The second-order valence-electron chi connectivity index (χ2n) is 3.67. The molecule has 64 valence electrons. The highest BCUT2D eigenvalue weighted by atomic mass is 127. The van der Waals surface area contributed by atoms with Crippen LogP contribution in [0.2, 0.25) is 0 Å². The molecule has 1 saturated heterocycles. The van der Waals surface area contributed by atoms with Gasteiger partial charge in [0.25, 0.3) is 0 Å². The van der Waals surface area contributed by atoms with Crippen LogP contribution in [0.25, 0.3) is 0 Å². The highest BCUT2D eigenvalue weighted by Crippen LogP contribution is 2.45. The van der Waals surface area contributed by atoms with E-state index in [9.17, 15) is 0 Å². The molecule has 2 heterocycles. The van der Waals surface area contributed by atoms with E-state index < -0.39 is 0 Å². The fourth-order valence-corrected chi connectivity index (χ4v) is 2.44. The summed E-state index contributed by atoms with van der Waals surface area (Å²) in [7, 11) is 0. The Labute approximate surface area is 84.5 Å². The molecule has 0 radical (unpaired) electrons. The Bertz CT molecular complexity index is 299. The molecule has 12 heavy (non-hydrogen) atoms. The maximum absolute atomic E-state index is 4.33. The van der Waals surface area contributed by atoms with Crippen LogP contribution in [0.5, 0.6) is 0 Å². The first kappa shape index (κ1) is 7.32. The zero-order chi connectivity index (χ0) is 8.13. The lowest BCUT2D eigenvalue weighted by Crippen LogP contribution is -2.18. The molecule has 2 N–H and O–H groups in total. The molecule has 1 aliphatic heterocycles. The van der Waals surface area contributed by atoms with Crippen LogP contribution in [0.15, 0.2) is 6.20 Å². The molecule has 3 rings (SSSR count). The van der Waals surface area contributed by atoms with Crippen molar-refractivity contribution in [3.8, 4) is 0 Å². The molecular formula is C8H10IN3. The maximum atomic E-state index is 4.33. The molecule has 0 bridgehead atoms. The molecule has 3 atom stereocenters. The monoisotopic (exact) mass is 275 g/mol. The van der Waals surface area contributed by atoms with Gasteiger partial charge in [0.15, 0.2) is 0 Å². The van der Waals surface area contributed by atoms with Gasteiger partial charge in [-0.25, -0.2) is 4.98 Å². The standard InChI is InChI=1S/C8H10IN3/c9-7-3-10-8(12-7)6-2-4-1-5(4)11-6/h3-6,11H,1-2H2,(H,10,12)/t4?,5-,6+/m1/s1. The van der Waals surface area contributed by atoms with Gasteiger partial charge in [0.2, 0.25) is 0 Å². The van der Waals surface area contributed by atoms with Crippen molar-refractivity contribution in [2.75, 3.05) is 0 Å². The highest BCUT2D eigenvalue weighted by molar-refractivity contribution is 14.1. The fraction of sp³-hybridized carbons (Fsp3) is 0.625. The Morgan fingerprint density at radius 3 is 3.00 bits per heavy atom. The summed E-state index contributed by atoms with van der Waals surface area (Å²) in [6.07, 6.45) is 4.55. The number of nitrogens with one attached hydrogen (secondary N) is 2. The summed E-state index contributed by atoms with van der Waals surface area (Å²) in [5.41, 5.74) is 0. The lowest BCUT2D eigenvalue weighted by Gasteiger charge is -2.08. The molecule has 0 spiro atoms. The minimum absolute atomic E-state index is 0.497. The van der Waals surface area contributed by atoms with E-state index in [1.54, 1.807) is 0 Å². The second kappa shape index (κ2) is 2.45. The predicted octanol–water partition coefficient (Wildman–Crippen LogP) is 1.44. The Kier molecular flexibility index (Phi) is 1.49. The predicted molar refractivity (Wildman–Crippen MR) is 53.7 cm³/mol. The summed E-state index contributed by atoms with van der Waals surface area (Å²) in [4.78, 5) is 7.60. The van der Waals surface area contributed by atoms with Crippen molar-refractivity contribution in [3.05, 3.63) is 15.7 Å². The maximum Gasteiger partial charge on any atom is 0.124 e. The molecule has 0 aromatic carbocycles. The van der Waals surface area contributed by atoms with Gasteiger partial charge in [-0.2, -0.15) is 0 Å². The van der Waals surface area contributed by atoms with Crippen LogP contribution >= 0.6 is 22.6 Å². The summed E-state index contributed by atoms with van der Waals surface area (Å²) in [6, 6.07) is 1.30. The molecule has 0 amide bonds. The molecular weight excluding hydrogens is 265 g/mol. The third kappa shape index (κ3) is 1.08. The fourth-order valence-electron chi connectivity index (χ4n) is 2.02. The Hall–Kier alpha value is -0.100. The van der Waals surface area contributed by atoms with Crippen molar-refractivity contribution in [1.82, 2.24) is 15.3 Å². The number of halogens is 1. The molecule has 2 aliphatic rings. The van der Waals surface area contributed by atoms with Crippen LogP contribution in [0.1, 0.15) is 24.7 Å². The van der Waals surface area contributed by atoms with E-state index >= 15 is 0 Å². The third-order valence-corrected chi connectivity index (χ3v) is 3.32. The Morgan fingerprint density at radius 1 is 1.50 bits per heavy atom. The lowest BCUT2D eigenvalue weighted by atomic mass is 10.2. The summed E-state index contributed by atoms with van der Waals surface area (Å²) in [5, 5.41) is 3.56. The minimum atomic E-state index is 0.497. The molecule has 3 nitrogen and oxygen atoms in total. The number of rotatable bonds is 1. The lowest BCUT2D eigenvalue weighted by molar-refractivity contribution is 0.542. The first-order valence-electron chi connectivity index (χ1n) is 4.29. The smallest absolute Gasteiger partial charge is 0.124 e. The van der Waals surface area contributed by atoms with Crippen LogP contribution in [0.4, 0.5) is 0 Å². The number of hydrogen-bond acceptors (Lipinski definition) is 2. The first-order chi connectivity index (χ1) is 5.83. The largest absolute Gasteiger partial charge is 0.336 e. The number of piperidine rings is 1. The van der Waals surface area contributed by atoms with Gasteiger partial charge < -0.3 is 10.3 Å². The Morgan fingerprint density at radius 2 is 2.42 bits per heavy atom. The molecule has 2 fully saturated rings. The zero-order valence-electron chi connectivity index (χ0n) is 6.55. The molecule has 1 saturated carbocycles. The molecule has 1 unspecified atom stereocenters. The number of H-pyrrole nitrogens is 1. The van der Waals surface area contributed by atoms with E-state index in [0.29, 0.717) is 6.04 Å². The van der Waals surface area contributed by atoms with Gasteiger partial charge in [-0.05, 0) is 41.4 Å². The molecule has 1 aromatic rings. The molecule has 4 heteroatoms. The number of fused-ring (bicyclic) bond motifs is 1. The third-order valence-electron chi connectivity index (χ3n) is 2.77. The van der Waals surface area contributed by atoms with Crippen molar-refractivity contribution in [3.63, 3.8) is 0 Å². The summed E-state index contributed by atoms with van der Waals surface area (Å²) >= 11 is 2.26. The number of nitrogens with zero attached hydrogens (tertiary/aromatic N) is 1. The topological polar surface area (TPSA) is 40.7 Å². The van der Waals surface area contributed by atoms with Crippen molar-refractivity contribution < 1.29 is 0 Å². The van der Waals surface area contributed by atoms with Crippen LogP contribution < -0.4 is 5.32 Å². The van der Waals surface area contributed by atoms with Gasteiger partial charge in [0.05, 0.1) is 15.9 Å². The van der Waals surface area contributed by atoms with Gasteiger partial charge in [-0.3, -0.25) is 0 Å². The van der Waals surface area contributed by atoms with Gasteiger partial charge in [-0.1, -0.05) is 0 Å². The van der Waals surface area contributed by atoms with E-state index in [1.807, 2.05) is 6.20 Å². The number of aromatic nitrogens is 2. The van der Waals surface area contributed by atoms with Gasteiger partial charge >= 0.3 is 0 Å². The van der Waals surface area contributed by atoms with Crippen molar-refractivity contribution in [2.24, 2.45) is 5.92 Å². The average molecular weight is 275 g/mol. The van der Waals surface area contributed by atoms with Crippen LogP contribution in [0.3, 0.4) is 0 Å². The minimum Gasteiger partial charge on any atom is -0.336 e. The second-order valence-corrected chi connectivity index (χ2v) is 4.84. The van der Waals surface area contributed by atoms with Crippen LogP contribution in [-0.2, 0) is 0 Å². The number of imidazole rings is 1. The van der Waals surface area contributed by atoms with Crippen molar-refractivity contribution in [1.29, 1.82) is 0 Å². The van der Waals surface area contributed by atoms with Crippen molar-refractivity contribution in [2.45, 2.75) is 24.9 Å². The zero-order valence-corrected chi connectivity index (χ0v) is 8.71. The van der Waals surface area contributed by atoms with Gasteiger partial charge in [-0.15, -0.1) is 0 Å². The summed E-state index contributed by atoms with van der Waals surface area (Å²) < 4.78 is 1.13. The summed E-state index contributed by atoms with van der Waals surface area (Å²) in [5.74, 6) is 2.06.